The number of esters is 1. The maximum Gasteiger partial charge on any atom is 0.341 e. The molecule has 0 saturated heterocycles. The molecule has 0 aromatic carbocycles. The molecule has 0 aliphatic heterocycles. The van der Waals surface area contributed by atoms with Gasteiger partial charge in [0, 0.05) is 11.1 Å². The summed E-state index contributed by atoms with van der Waals surface area (Å²) in [4.78, 5) is 33.4. The minimum atomic E-state index is -3.71. The molecule has 1 amide bonds. The van der Waals surface area contributed by atoms with Gasteiger partial charge in [0.1, 0.15) is 5.00 Å². The Morgan fingerprint density at radius 2 is 2.11 bits per heavy atom. The third-order valence-corrected chi connectivity index (χ3v) is 6.24. The zero-order chi connectivity index (χ0) is 19.8. The third kappa shape index (κ3) is 3.97. The van der Waals surface area contributed by atoms with E-state index in [1.54, 1.807) is 6.92 Å². The smallest absolute Gasteiger partial charge is 0.341 e. The van der Waals surface area contributed by atoms with Crippen LogP contribution in [0.25, 0.3) is 0 Å². The number of nitrogens with one attached hydrogen (secondary N) is 1. The average molecular weight is 430 g/mol. The van der Waals surface area contributed by atoms with E-state index in [4.69, 9.17) is 16.3 Å². The van der Waals surface area contributed by atoms with Gasteiger partial charge in [0.2, 0.25) is 15.0 Å². The van der Waals surface area contributed by atoms with E-state index in [2.05, 4.69) is 15.3 Å². The molecular formula is C16H16ClN3O5S2. The molecule has 1 N–H and O–H groups in total. The Morgan fingerprint density at radius 1 is 1.37 bits per heavy atom. The topological polar surface area (TPSA) is 115 Å². The van der Waals surface area contributed by atoms with Crippen LogP contribution < -0.4 is 5.32 Å². The summed E-state index contributed by atoms with van der Waals surface area (Å²) in [7, 11) is -3.71. The molecule has 8 nitrogen and oxygen atoms in total. The SMILES string of the molecule is CCOC(=O)c1c(NC(=O)c2nc(S(C)(=O)=O)ncc2Cl)sc2c1CCC2. The Kier molecular flexibility index (Phi) is 5.50. The van der Waals surface area contributed by atoms with E-state index in [9.17, 15) is 18.0 Å². The zero-order valence-corrected chi connectivity index (χ0v) is 16.9. The van der Waals surface area contributed by atoms with Crippen LogP contribution in [0.4, 0.5) is 5.00 Å². The number of amides is 1. The summed E-state index contributed by atoms with van der Waals surface area (Å²) in [5.74, 6) is -1.23. The van der Waals surface area contributed by atoms with Crippen molar-refractivity contribution < 1.29 is 22.7 Å². The largest absolute Gasteiger partial charge is 0.462 e. The lowest BCUT2D eigenvalue weighted by Crippen LogP contribution is -2.18. The molecule has 1 aliphatic rings. The van der Waals surface area contributed by atoms with Gasteiger partial charge in [0.15, 0.2) is 5.69 Å². The first-order valence-electron chi connectivity index (χ1n) is 8.08. The summed E-state index contributed by atoms with van der Waals surface area (Å²) in [6.45, 7) is 1.92. The second-order valence-corrected chi connectivity index (χ2v) is 9.28. The zero-order valence-electron chi connectivity index (χ0n) is 14.5. The number of ether oxygens (including phenoxy) is 1. The van der Waals surface area contributed by atoms with E-state index in [0.717, 1.165) is 42.2 Å². The highest BCUT2D eigenvalue weighted by Gasteiger charge is 2.29. The van der Waals surface area contributed by atoms with E-state index >= 15 is 0 Å². The molecule has 0 unspecified atom stereocenters. The van der Waals surface area contributed by atoms with Crippen molar-refractivity contribution in [2.75, 3.05) is 18.2 Å². The molecule has 0 radical (unpaired) electrons. The van der Waals surface area contributed by atoms with Gasteiger partial charge in [-0.2, -0.15) is 0 Å². The van der Waals surface area contributed by atoms with Crippen molar-refractivity contribution in [2.24, 2.45) is 0 Å². The van der Waals surface area contributed by atoms with Crippen molar-refractivity contribution in [3.8, 4) is 0 Å². The Morgan fingerprint density at radius 3 is 2.78 bits per heavy atom. The van der Waals surface area contributed by atoms with Crippen LogP contribution in [-0.4, -0.2) is 43.1 Å². The van der Waals surface area contributed by atoms with Crippen molar-refractivity contribution >= 4 is 49.7 Å². The second kappa shape index (κ2) is 7.53. The molecule has 0 saturated carbocycles. The second-order valence-electron chi connectivity index (χ2n) is 5.86. The van der Waals surface area contributed by atoms with E-state index in [-0.39, 0.29) is 17.3 Å². The number of thiophene rings is 1. The number of aryl methyl sites for hydroxylation is 1. The molecule has 0 bridgehead atoms. The molecule has 1 aliphatic carbocycles. The summed E-state index contributed by atoms with van der Waals surface area (Å²) in [5, 5.41) is 2.37. The third-order valence-electron chi connectivity index (χ3n) is 3.90. The van der Waals surface area contributed by atoms with Crippen LogP contribution >= 0.6 is 22.9 Å². The van der Waals surface area contributed by atoms with E-state index in [1.807, 2.05) is 0 Å². The van der Waals surface area contributed by atoms with Crippen LogP contribution in [-0.2, 0) is 27.4 Å². The van der Waals surface area contributed by atoms with Crippen molar-refractivity contribution in [3.05, 3.63) is 32.9 Å². The van der Waals surface area contributed by atoms with E-state index in [1.165, 1.54) is 11.3 Å². The Bertz CT molecular complexity index is 1030. The Hall–Kier alpha value is -2.04. The average Bonchev–Trinajstić information content (AvgIpc) is 3.14. The van der Waals surface area contributed by atoms with Gasteiger partial charge in [-0.15, -0.1) is 11.3 Å². The number of carbonyl (C=O) groups is 2. The standard InChI is InChI=1S/C16H16ClN3O5S2/c1-3-25-15(22)11-8-5-4-6-10(8)26-14(11)20-13(21)12-9(17)7-18-16(19-12)27(2,23)24/h7H,3-6H2,1-2H3,(H,20,21). The number of rotatable bonds is 5. The summed E-state index contributed by atoms with van der Waals surface area (Å²) in [5.41, 5.74) is 0.950. The van der Waals surface area contributed by atoms with Crippen LogP contribution in [0.5, 0.6) is 0 Å². The molecule has 0 spiro atoms. The number of hydrogen-bond acceptors (Lipinski definition) is 8. The van der Waals surface area contributed by atoms with Crippen LogP contribution in [0.15, 0.2) is 11.4 Å². The Labute approximate surface area is 164 Å². The maximum atomic E-state index is 12.6. The van der Waals surface area contributed by atoms with E-state index in [0.29, 0.717) is 10.6 Å². The lowest BCUT2D eigenvalue weighted by Gasteiger charge is -2.09. The molecule has 144 valence electrons. The van der Waals surface area contributed by atoms with Gasteiger partial charge in [0.25, 0.3) is 5.91 Å². The molecule has 2 aromatic heterocycles. The van der Waals surface area contributed by atoms with Crippen LogP contribution in [0.2, 0.25) is 5.02 Å². The number of carbonyl (C=O) groups excluding carboxylic acids is 2. The number of fused-ring (bicyclic) bond motifs is 1. The van der Waals surface area contributed by atoms with Crippen molar-refractivity contribution in [3.63, 3.8) is 0 Å². The number of hydrogen-bond donors (Lipinski definition) is 1. The molecule has 27 heavy (non-hydrogen) atoms. The number of aromatic nitrogens is 2. The molecule has 11 heteroatoms. The van der Waals surface area contributed by atoms with Crippen molar-refractivity contribution in [2.45, 2.75) is 31.3 Å². The normalized spacial score (nSPS) is 13.3. The quantitative estimate of drug-likeness (QED) is 0.573. The maximum absolute atomic E-state index is 12.6. The van der Waals surface area contributed by atoms with Crippen molar-refractivity contribution in [1.82, 2.24) is 9.97 Å². The molecule has 2 aromatic rings. The van der Waals surface area contributed by atoms with Gasteiger partial charge < -0.3 is 10.1 Å². The fraction of sp³-hybridized carbons (Fsp3) is 0.375. The lowest BCUT2D eigenvalue weighted by atomic mass is 10.1. The minimum absolute atomic E-state index is 0.0957. The summed E-state index contributed by atoms with van der Waals surface area (Å²) in [6, 6.07) is 0. The molecule has 2 heterocycles. The molecule has 0 atom stereocenters. The first-order valence-corrected chi connectivity index (χ1v) is 11.2. The van der Waals surface area contributed by atoms with Crippen LogP contribution in [0, 0.1) is 0 Å². The predicted octanol–water partition coefficient (Wildman–Crippen LogP) is 2.51. The first kappa shape index (κ1) is 19.7. The van der Waals surface area contributed by atoms with Gasteiger partial charge >= 0.3 is 5.97 Å². The highest BCUT2D eigenvalue weighted by molar-refractivity contribution is 7.90. The summed E-state index contributed by atoms with van der Waals surface area (Å²) < 4.78 is 28.4. The van der Waals surface area contributed by atoms with Gasteiger partial charge in [-0.1, -0.05) is 11.6 Å². The van der Waals surface area contributed by atoms with Gasteiger partial charge in [0.05, 0.1) is 23.4 Å². The first-order chi connectivity index (χ1) is 12.7. The van der Waals surface area contributed by atoms with Crippen LogP contribution in [0.3, 0.4) is 0 Å². The van der Waals surface area contributed by atoms with Gasteiger partial charge in [-0.3, -0.25) is 4.79 Å². The summed E-state index contributed by atoms with van der Waals surface area (Å²) in [6.07, 6.45) is 4.50. The minimum Gasteiger partial charge on any atom is -0.462 e. The van der Waals surface area contributed by atoms with E-state index < -0.39 is 26.9 Å². The molecular weight excluding hydrogens is 414 g/mol. The Balaban J connectivity index is 1.97. The highest BCUT2D eigenvalue weighted by Crippen LogP contribution is 2.39. The fourth-order valence-electron chi connectivity index (χ4n) is 2.76. The fourth-order valence-corrected chi connectivity index (χ4v) is 4.71. The predicted molar refractivity (Wildman–Crippen MR) is 100 cm³/mol. The van der Waals surface area contributed by atoms with Crippen LogP contribution in [0.1, 0.15) is 44.6 Å². The van der Waals surface area contributed by atoms with Gasteiger partial charge in [-0.05, 0) is 31.7 Å². The number of sulfone groups is 1. The lowest BCUT2D eigenvalue weighted by molar-refractivity contribution is 0.0527. The summed E-state index contributed by atoms with van der Waals surface area (Å²) >= 11 is 7.27. The number of nitrogens with zero attached hydrogens (tertiary/aromatic N) is 2. The highest BCUT2D eigenvalue weighted by atomic mass is 35.5. The van der Waals surface area contributed by atoms with Crippen molar-refractivity contribution in [1.29, 1.82) is 0 Å². The monoisotopic (exact) mass is 429 g/mol. The number of anilines is 1. The number of halogens is 1. The molecule has 3 rings (SSSR count). The molecule has 0 fully saturated rings. The van der Waals surface area contributed by atoms with Gasteiger partial charge in [-0.25, -0.2) is 23.2 Å².